The van der Waals surface area contributed by atoms with E-state index in [-0.39, 0.29) is 0 Å². The Morgan fingerprint density at radius 1 is 1.24 bits per heavy atom. The molecular formula is C14H15NOS. The topological polar surface area (TPSA) is 25.2 Å². The molecule has 88 valence electrons. The van der Waals surface area contributed by atoms with Crippen molar-refractivity contribution in [1.82, 2.24) is 5.32 Å². The van der Waals surface area contributed by atoms with Gasteiger partial charge in [-0.3, -0.25) is 0 Å². The van der Waals surface area contributed by atoms with Crippen LogP contribution in [0.1, 0.15) is 17.2 Å². The highest BCUT2D eigenvalue weighted by Crippen LogP contribution is 2.38. The first-order valence-corrected chi connectivity index (χ1v) is 6.87. The largest absolute Gasteiger partial charge is 0.468 e. The molecule has 1 atom stereocenters. The summed E-state index contributed by atoms with van der Waals surface area (Å²) in [6.45, 7) is 1.83. The summed E-state index contributed by atoms with van der Waals surface area (Å²) in [6.07, 6.45) is 1.72. The van der Waals surface area contributed by atoms with Crippen molar-refractivity contribution in [1.29, 1.82) is 0 Å². The van der Waals surface area contributed by atoms with Gasteiger partial charge in [0.1, 0.15) is 5.76 Å². The second-order valence-corrected chi connectivity index (χ2v) is 5.32. The molecular weight excluding hydrogens is 230 g/mol. The summed E-state index contributed by atoms with van der Waals surface area (Å²) in [4.78, 5) is 1.44. The van der Waals surface area contributed by atoms with Crippen LogP contribution in [0.3, 0.4) is 0 Å². The minimum Gasteiger partial charge on any atom is -0.468 e. The number of benzene rings is 1. The summed E-state index contributed by atoms with van der Waals surface area (Å²) in [6, 6.07) is 12.6. The molecule has 1 aromatic carbocycles. The number of hydrogen-bond acceptors (Lipinski definition) is 3. The molecule has 1 N–H and O–H groups in total. The summed E-state index contributed by atoms with van der Waals surface area (Å²) >= 11 is 1.96. The minimum absolute atomic E-state index is 0.631. The van der Waals surface area contributed by atoms with Gasteiger partial charge in [0.25, 0.3) is 0 Å². The number of thioether (sulfide) groups is 1. The van der Waals surface area contributed by atoms with Gasteiger partial charge in [-0.15, -0.1) is 11.8 Å². The first-order chi connectivity index (χ1) is 8.43. The van der Waals surface area contributed by atoms with Crippen LogP contribution < -0.4 is 5.32 Å². The number of hydrogen-bond donors (Lipinski definition) is 1. The van der Waals surface area contributed by atoms with E-state index in [2.05, 4.69) is 29.6 Å². The smallest absolute Gasteiger partial charge is 0.117 e. The van der Waals surface area contributed by atoms with Crippen molar-refractivity contribution in [2.75, 3.05) is 12.3 Å². The lowest BCUT2D eigenvalue weighted by atomic mass is 10.0. The third-order valence-corrected chi connectivity index (χ3v) is 4.32. The molecule has 1 aromatic heterocycles. The van der Waals surface area contributed by atoms with Gasteiger partial charge in [0.2, 0.25) is 0 Å². The van der Waals surface area contributed by atoms with Crippen LogP contribution in [-0.4, -0.2) is 12.3 Å². The molecule has 0 spiro atoms. The van der Waals surface area contributed by atoms with E-state index in [0.29, 0.717) is 5.92 Å². The van der Waals surface area contributed by atoms with Crippen molar-refractivity contribution in [2.45, 2.75) is 17.4 Å². The van der Waals surface area contributed by atoms with Crippen molar-refractivity contribution in [3.8, 4) is 0 Å². The zero-order valence-electron chi connectivity index (χ0n) is 9.56. The van der Waals surface area contributed by atoms with E-state index in [1.807, 2.05) is 23.9 Å². The fourth-order valence-electron chi connectivity index (χ4n) is 2.18. The van der Waals surface area contributed by atoms with Crippen molar-refractivity contribution >= 4 is 11.8 Å². The fraction of sp³-hybridized carbons (Fsp3) is 0.286. The van der Waals surface area contributed by atoms with Crippen molar-refractivity contribution in [3.63, 3.8) is 0 Å². The maximum absolute atomic E-state index is 5.30. The van der Waals surface area contributed by atoms with Crippen LogP contribution in [0.5, 0.6) is 0 Å². The average molecular weight is 245 g/mol. The van der Waals surface area contributed by atoms with Gasteiger partial charge in [-0.05, 0) is 23.8 Å². The molecule has 2 heterocycles. The average Bonchev–Trinajstić information content (AvgIpc) is 2.99. The highest BCUT2D eigenvalue weighted by molar-refractivity contribution is 7.99. The Kier molecular flexibility index (Phi) is 3.20. The molecule has 1 aliphatic heterocycles. The van der Waals surface area contributed by atoms with Gasteiger partial charge < -0.3 is 9.73 Å². The molecule has 0 saturated carbocycles. The van der Waals surface area contributed by atoms with E-state index in [4.69, 9.17) is 4.42 Å². The van der Waals surface area contributed by atoms with Gasteiger partial charge >= 0.3 is 0 Å². The van der Waals surface area contributed by atoms with E-state index in [1.165, 1.54) is 16.2 Å². The summed E-state index contributed by atoms with van der Waals surface area (Å²) < 4.78 is 5.30. The minimum atomic E-state index is 0.631. The van der Waals surface area contributed by atoms with Crippen LogP contribution in [0, 0.1) is 0 Å². The van der Waals surface area contributed by atoms with Gasteiger partial charge in [-0.25, -0.2) is 0 Å². The van der Waals surface area contributed by atoms with E-state index in [0.717, 1.165) is 18.8 Å². The van der Waals surface area contributed by atoms with Crippen molar-refractivity contribution in [3.05, 3.63) is 54.0 Å². The van der Waals surface area contributed by atoms with Crippen molar-refractivity contribution < 1.29 is 4.42 Å². The number of rotatable bonds is 4. The lowest BCUT2D eigenvalue weighted by molar-refractivity contribution is 0.477. The quantitative estimate of drug-likeness (QED) is 0.895. The Morgan fingerprint density at radius 3 is 3.06 bits per heavy atom. The summed E-state index contributed by atoms with van der Waals surface area (Å²) in [5, 5.41) is 3.46. The Morgan fingerprint density at radius 2 is 2.18 bits per heavy atom. The van der Waals surface area contributed by atoms with Crippen LogP contribution in [0.15, 0.2) is 52.0 Å². The van der Waals surface area contributed by atoms with E-state index in [1.54, 1.807) is 6.26 Å². The summed E-state index contributed by atoms with van der Waals surface area (Å²) in [7, 11) is 0. The third kappa shape index (κ3) is 2.40. The zero-order chi connectivity index (χ0) is 11.5. The van der Waals surface area contributed by atoms with Crippen LogP contribution in [0.2, 0.25) is 0 Å². The number of nitrogens with one attached hydrogen (secondary N) is 1. The predicted molar refractivity (Wildman–Crippen MR) is 70.3 cm³/mol. The molecule has 2 nitrogen and oxygen atoms in total. The molecule has 1 aliphatic rings. The molecule has 0 radical (unpaired) electrons. The first-order valence-electron chi connectivity index (χ1n) is 5.88. The molecule has 0 amide bonds. The number of furan rings is 1. The second-order valence-electron chi connectivity index (χ2n) is 4.26. The van der Waals surface area contributed by atoms with Gasteiger partial charge in [-0.2, -0.15) is 0 Å². The molecule has 0 bridgehead atoms. The maximum atomic E-state index is 5.30. The molecule has 17 heavy (non-hydrogen) atoms. The van der Waals surface area contributed by atoms with Gasteiger partial charge in [0.15, 0.2) is 0 Å². The SMILES string of the molecule is c1coc(CNCC2CSc3ccccc32)c1. The zero-order valence-corrected chi connectivity index (χ0v) is 10.4. The van der Waals surface area contributed by atoms with Gasteiger partial charge in [0.05, 0.1) is 12.8 Å². The van der Waals surface area contributed by atoms with Crippen LogP contribution >= 0.6 is 11.8 Å². The Labute approximate surface area is 105 Å². The van der Waals surface area contributed by atoms with E-state index >= 15 is 0 Å². The van der Waals surface area contributed by atoms with Crippen LogP contribution in [0.4, 0.5) is 0 Å². The molecule has 2 aromatic rings. The maximum Gasteiger partial charge on any atom is 0.117 e. The highest BCUT2D eigenvalue weighted by Gasteiger charge is 2.21. The second kappa shape index (κ2) is 4.98. The normalized spacial score (nSPS) is 18.2. The van der Waals surface area contributed by atoms with Gasteiger partial charge in [0, 0.05) is 23.1 Å². The molecule has 0 saturated heterocycles. The lowest BCUT2D eigenvalue weighted by Crippen LogP contribution is -2.20. The predicted octanol–water partition coefficient (Wildman–Crippen LogP) is 3.26. The van der Waals surface area contributed by atoms with Crippen LogP contribution in [-0.2, 0) is 6.54 Å². The molecule has 0 fully saturated rings. The van der Waals surface area contributed by atoms with Crippen molar-refractivity contribution in [2.24, 2.45) is 0 Å². The molecule has 1 unspecified atom stereocenters. The monoisotopic (exact) mass is 245 g/mol. The third-order valence-electron chi connectivity index (χ3n) is 3.07. The summed E-state index contributed by atoms with van der Waals surface area (Å²) in [5.41, 5.74) is 1.49. The first kappa shape index (κ1) is 10.9. The molecule has 3 heteroatoms. The molecule has 3 rings (SSSR count). The van der Waals surface area contributed by atoms with Crippen LogP contribution in [0.25, 0.3) is 0 Å². The Hall–Kier alpha value is -1.19. The lowest BCUT2D eigenvalue weighted by Gasteiger charge is -2.11. The van der Waals surface area contributed by atoms with Gasteiger partial charge in [-0.1, -0.05) is 18.2 Å². The molecule has 0 aliphatic carbocycles. The standard InChI is InChI=1S/C14H15NOS/c1-2-6-14-13(5-1)11(10-17-14)8-15-9-12-4-3-7-16-12/h1-7,11,15H,8-10H2. The fourth-order valence-corrected chi connectivity index (χ4v) is 3.44. The number of fused-ring (bicyclic) bond motifs is 1. The Balaban J connectivity index is 1.57. The highest BCUT2D eigenvalue weighted by atomic mass is 32.2. The summed E-state index contributed by atoms with van der Waals surface area (Å²) in [5.74, 6) is 2.82. The van der Waals surface area contributed by atoms with E-state index < -0.39 is 0 Å². The van der Waals surface area contributed by atoms with E-state index in [9.17, 15) is 0 Å². The Bertz CT molecular complexity index is 481.